The quantitative estimate of drug-likeness (QED) is 0.232. The zero-order valence-corrected chi connectivity index (χ0v) is 23.1. The van der Waals surface area contributed by atoms with Gasteiger partial charge in [-0.1, -0.05) is 19.9 Å². The van der Waals surface area contributed by atoms with Crippen LogP contribution in [0.4, 0.5) is 0 Å². The molecule has 1 atom stereocenters. The molecular weight excluding hydrogens is 524 g/mol. The van der Waals surface area contributed by atoms with Gasteiger partial charge >= 0.3 is 0 Å². The highest BCUT2D eigenvalue weighted by atomic mass is 32.1. The lowest BCUT2D eigenvalue weighted by molar-refractivity contribution is 0.0901. The van der Waals surface area contributed by atoms with Crippen LogP contribution in [0.3, 0.4) is 0 Å². The topological polar surface area (TPSA) is 122 Å². The molecule has 5 heterocycles. The summed E-state index contributed by atoms with van der Waals surface area (Å²) in [7, 11) is 0. The molecule has 5 aromatic rings. The summed E-state index contributed by atoms with van der Waals surface area (Å²) < 4.78 is 1.64. The number of rotatable bonds is 10. The van der Waals surface area contributed by atoms with Crippen LogP contribution in [-0.4, -0.2) is 48.9 Å². The zero-order chi connectivity index (χ0) is 28.1. The summed E-state index contributed by atoms with van der Waals surface area (Å²) >= 11 is 1.50. The van der Waals surface area contributed by atoms with E-state index >= 15 is 0 Å². The van der Waals surface area contributed by atoms with Gasteiger partial charge in [-0.3, -0.25) is 24.0 Å². The van der Waals surface area contributed by atoms with Crippen molar-refractivity contribution in [1.82, 2.24) is 30.0 Å². The van der Waals surface area contributed by atoms with Gasteiger partial charge in [0.25, 0.3) is 11.8 Å². The molecule has 0 radical (unpaired) electrons. The minimum atomic E-state index is -0.391. The van der Waals surface area contributed by atoms with E-state index in [4.69, 9.17) is 4.98 Å². The summed E-state index contributed by atoms with van der Waals surface area (Å²) in [5.74, 6) is -0.373. The lowest BCUT2D eigenvalue weighted by Gasteiger charge is -2.18. The van der Waals surface area contributed by atoms with Crippen molar-refractivity contribution >= 4 is 28.8 Å². The Balaban J connectivity index is 1.41. The van der Waals surface area contributed by atoms with Gasteiger partial charge in [0.2, 0.25) is 0 Å². The van der Waals surface area contributed by atoms with Gasteiger partial charge in [-0.25, -0.2) is 4.98 Å². The second kappa shape index (κ2) is 12.2. The van der Waals surface area contributed by atoms with Gasteiger partial charge in [-0.05, 0) is 59.7 Å². The Kier molecular flexibility index (Phi) is 8.28. The average molecular weight is 555 g/mol. The van der Waals surface area contributed by atoms with Crippen molar-refractivity contribution in [2.45, 2.75) is 32.9 Å². The third-order valence-electron chi connectivity index (χ3n) is 6.45. The highest BCUT2D eigenvalue weighted by molar-refractivity contribution is 7.08. The van der Waals surface area contributed by atoms with Gasteiger partial charge < -0.3 is 15.7 Å². The summed E-state index contributed by atoms with van der Waals surface area (Å²) in [5, 5.41) is 19.6. The number of aromatic nitrogens is 4. The zero-order valence-electron chi connectivity index (χ0n) is 22.2. The van der Waals surface area contributed by atoms with Crippen LogP contribution in [-0.2, 0) is 6.54 Å². The van der Waals surface area contributed by atoms with E-state index in [-0.39, 0.29) is 25.0 Å². The SMILES string of the molecule is CC(C)C[C@@H](CO)NC(=O)c1c(-c2ccsc2)nc2c(C(=O)NCc3ccc(-c4cccnc4)nc3)cccn12. The maximum Gasteiger partial charge on any atom is 0.270 e. The molecule has 0 saturated carbocycles. The molecule has 3 N–H and O–H groups in total. The monoisotopic (exact) mass is 554 g/mol. The van der Waals surface area contributed by atoms with E-state index in [0.29, 0.717) is 34.9 Å². The van der Waals surface area contributed by atoms with E-state index < -0.39 is 6.04 Å². The van der Waals surface area contributed by atoms with Crippen LogP contribution < -0.4 is 10.6 Å². The number of nitrogens with zero attached hydrogens (tertiary/aromatic N) is 4. The molecule has 0 fully saturated rings. The van der Waals surface area contributed by atoms with Crippen LogP contribution in [0.1, 0.15) is 46.7 Å². The molecule has 0 aliphatic rings. The molecule has 2 amide bonds. The van der Waals surface area contributed by atoms with Crippen molar-refractivity contribution in [3.05, 3.63) is 94.8 Å². The molecule has 0 aromatic carbocycles. The Labute approximate surface area is 236 Å². The van der Waals surface area contributed by atoms with Gasteiger partial charge in [-0.2, -0.15) is 11.3 Å². The third kappa shape index (κ3) is 5.93. The fourth-order valence-corrected chi connectivity index (χ4v) is 5.20. The summed E-state index contributed by atoms with van der Waals surface area (Å²) in [4.78, 5) is 40.2. The maximum atomic E-state index is 13.5. The van der Waals surface area contributed by atoms with E-state index in [1.807, 2.05) is 54.9 Å². The molecule has 204 valence electrons. The van der Waals surface area contributed by atoms with E-state index in [2.05, 4.69) is 20.6 Å². The van der Waals surface area contributed by atoms with Crippen LogP contribution in [0.25, 0.3) is 28.2 Å². The Hall–Kier alpha value is -4.41. The first-order valence-electron chi connectivity index (χ1n) is 13.0. The van der Waals surface area contributed by atoms with Crippen LogP contribution in [0, 0.1) is 5.92 Å². The number of carbonyl (C=O) groups is 2. The first-order chi connectivity index (χ1) is 19.4. The smallest absolute Gasteiger partial charge is 0.270 e. The lowest BCUT2D eigenvalue weighted by atomic mass is 10.0. The molecule has 10 heteroatoms. The minimum Gasteiger partial charge on any atom is -0.394 e. The first-order valence-corrected chi connectivity index (χ1v) is 14.0. The number of hydrogen-bond acceptors (Lipinski definition) is 7. The summed E-state index contributed by atoms with van der Waals surface area (Å²) in [5.41, 5.74) is 4.87. The number of amides is 2. The highest BCUT2D eigenvalue weighted by Crippen LogP contribution is 2.28. The highest BCUT2D eigenvalue weighted by Gasteiger charge is 2.25. The van der Waals surface area contributed by atoms with Crippen molar-refractivity contribution in [2.24, 2.45) is 5.92 Å². The number of pyridine rings is 3. The number of fused-ring (bicyclic) bond motifs is 1. The van der Waals surface area contributed by atoms with Gasteiger partial charge in [0.15, 0.2) is 5.65 Å². The summed E-state index contributed by atoms with van der Waals surface area (Å²) in [6, 6.07) is 12.5. The molecule has 0 unspecified atom stereocenters. The van der Waals surface area contributed by atoms with Gasteiger partial charge in [-0.15, -0.1) is 0 Å². The Morgan fingerprint density at radius 2 is 1.93 bits per heavy atom. The average Bonchev–Trinajstić information content (AvgIpc) is 3.64. The Morgan fingerprint density at radius 1 is 1.05 bits per heavy atom. The molecular formula is C30H30N6O3S. The van der Waals surface area contributed by atoms with Gasteiger partial charge in [0, 0.05) is 47.8 Å². The molecule has 5 aromatic heterocycles. The molecule has 5 rings (SSSR count). The molecule has 9 nitrogen and oxygen atoms in total. The van der Waals surface area contributed by atoms with Crippen LogP contribution in [0.2, 0.25) is 0 Å². The molecule has 0 spiro atoms. The van der Waals surface area contributed by atoms with Crippen molar-refractivity contribution in [3.63, 3.8) is 0 Å². The number of aliphatic hydroxyl groups excluding tert-OH is 1. The van der Waals surface area contributed by atoms with Gasteiger partial charge in [0.05, 0.1) is 23.9 Å². The third-order valence-corrected chi connectivity index (χ3v) is 7.13. The second-order valence-corrected chi connectivity index (χ2v) is 10.7. The Bertz CT molecular complexity index is 1600. The fourth-order valence-electron chi connectivity index (χ4n) is 4.56. The predicted molar refractivity (Wildman–Crippen MR) is 155 cm³/mol. The lowest BCUT2D eigenvalue weighted by Crippen LogP contribution is -2.39. The second-order valence-electron chi connectivity index (χ2n) is 9.90. The molecule has 40 heavy (non-hydrogen) atoms. The maximum absolute atomic E-state index is 13.5. The van der Waals surface area contributed by atoms with Crippen LogP contribution in [0.15, 0.2) is 78.0 Å². The van der Waals surface area contributed by atoms with E-state index in [0.717, 1.165) is 22.4 Å². The normalized spacial score (nSPS) is 12.0. The van der Waals surface area contributed by atoms with Crippen LogP contribution in [0.5, 0.6) is 0 Å². The fraction of sp³-hybridized carbons (Fsp3) is 0.233. The number of nitrogens with one attached hydrogen (secondary N) is 2. The van der Waals surface area contributed by atoms with Crippen molar-refractivity contribution in [2.75, 3.05) is 6.61 Å². The molecule has 0 bridgehead atoms. The van der Waals surface area contributed by atoms with Crippen molar-refractivity contribution in [1.29, 1.82) is 0 Å². The van der Waals surface area contributed by atoms with Crippen molar-refractivity contribution in [3.8, 4) is 22.5 Å². The minimum absolute atomic E-state index is 0.166. The van der Waals surface area contributed by atoms with E-state index in [9.17, 15) is 14.7 Å². The number of thiophene rings is 1. The summed E-state index contributed by atoms with van der Waals surface area (Å²) in [6.07, 6.45) is 7.55. The Morgan fingerprint density at radius 3 is 2.60 bits per heavy atom. The number of carbonyl (C=O) groups excluding carboxylic acids is 2. The predicted octanol–water partition coefficient (Wildman–Crippen LogP) is 4.59. The standard InChI is InChI=1S/C30H30N6O3S/c1-19(2)13-23(17-37)34-30(39)27-26(22-9-12-40-18-22)35-28-24(6-4-11-36(27)28)29(38)33-15-20-7-8-25(32-14-20)21-5-3-10-31-16-21/h3-12,14,16,18-19,23,37H,13,15,17H2,1-2H3,(H,33,38)(H,34,39)/t23-/m0/s1. The van der Waals surface area contributed by atoms with Crippen LogP contribution >= 0.6 is 11.3 Å². The first kappa shape index (κ1) is 27.2. The number of imidazole rings is 1. The van der Waals surface area contributed by atoms with Crippen molar-refractivity contribution < 1.29 is 14.7 Å². The number of aliphatic hydroxyl groups is 1. The molecule has 0 saturated heterocycles. The van der Waals surface area contributed by atoms with E-state index in [1.165, 1.54) is 11.3 Å². The number of hydrogen-bond donors (Lipinski definition) is 3. The van der Waals surface area contributed by atoms with E-state index in [1.54, 1.807) is 41.3 Å². The van der Waals surface area contributed by atoms with Gasteiger partial charge in [0.1, 0.15) is 11.4 Å². The molecule has 0 aliphatic carbocycles. The molecule has 0 aliphatic heterocycles. The summed E-state index contributed by atoms with van der Waals surface area (Å²) in [6.45, 7) is 4.19. The largest absolute Gasteiger partial charge is 0.394 e.